The Hall–Kier alpha value is -0.990. The molecule has 1 aliphatic rings. The second-order valence-corrected chi connectivity index (χ2v) is 8.77. The minimum absolute atomic E-state index is 0.0863. The van der Waals surface area contributed by atoms with Crippen molar-refractivity contribution < 1.29 is 44.3 Å². The van der Waals surface area contributed by atoms with E-state index in [2.05, 4.69) is 21.2 Å². The van der Waals surface area contributed by atoms with Crippen LogP contribution in [0.2, 0.25) is 0 Å². The maximum Gasteiger partial charge on any atom is 0.382 e. The highest BCUT2D eigenvalue weighted by Crippen LogP contribution is 2.69. The van der Waals surface area contributed by atoms with Crippen LogP contribution in [0.4, 0.5) is 39.5 Å². The van der Waals surface area contributed by atoms with Crippen LogP contribution < -0.4 is 5.32 Å². The smallest absolute Gasteiger partial charge is 0.352 e. The Morgan fingerprint density at radius 1 is 0.900 bits per heavy atom. The number of allylic oxidation sites excluding steroid dienone is 2. The van der Waals surface area contributed by atoms with Gasteiger partial charge in [0.15, 0.2) is 0 Å². The SMILES string of the molecule is O=C(NCCCC(I)=CC1(F)C(F)(F)C(F)(F)C(F)(F)C1(F)F)c1ccc(Br)cc1. The molecule has 30 heavy (non-hydrogen) atoms. The number of carbonyl (C=O) groups excluding carboxylic acids is 1. The zero-order valence-corrected chi connectivity index (χ0v) is 18.3. The van der Waals surface area contributed by atoms with Crippen molar-refractivity contribution in [1.29, 1.82) is 0 Å². The Balaban J connectivity index is 2.07. The first kappa shape index (κ1) is 25.3. The standard InChI is InChI=1S/C17H12BrF9INO/c18-10-5-3-9(4-6-10)12(30)29-7-1-2-11(28)8-13(19)14(20,21)16(24,25)17(26,27)15(13,22)23/h3-6,8H,1-2,7H2,(H,29,30). The monoisotopic (exact) mass is 623 g/mol. The summed E-state index contributed by atoms with van der Waals surface area (Å²) in [6.07, 6.45) is -1.08. The largest absolute Gasteiger partial charge is 0.382 e. The Kier molecular flexibility index (Phi) is 6.88. The molecule has 1 N–H and O–H groups in total. The third-order valence-corrected chi connectivity index (χ3v) is 5.82. The normalized spacial score (nSPS) is 23.2. The van der Waals surface area contributed by atoms with Gasteiger partial charge in [-0.3, -0.25) is 4.79 Å². The lowest BCUT2D eigenvalue weighted by Crippen LogP contribution is -2.53. The lowest BCUT2D eigenvalue weighted by Gasteiger charge is -2.28. The van der Waals surface area contributed by atoms with Crippen molar-refractivity contribution >= 4 is 44.4 Å². The number of nitrogens with one attached hydrogen (secondary N) is 1. The van der Waals surface area contributed by atoms with Gasteiger partial charge in [0.1, 0.15) is 0 Å². The van der Waals surface area contributed by atoms with Crippen molar-refractivity contribution in [3.8, 4) is 0 Å². The van der Waals surface area contributed by atoms with E-state index in [1.807, 2.05) is 0 Å². The van der Waals surface area contributed by atoms with Gasteiger partial charge in [0, 0.05) is 16.6 Å². The summed E-state index contributed by atoms with van der Waals surface area (Å²) >= 11 is 4.29. The first-order chi connectivity index (χ1) is 13.5. The van der Waals surface area contributed by atoms with Crippen molar-refractivity contribution in [1.82, 2.24) is 5.32 Å². The molecule has 13 heteroatoms. The molecule has 1 aliphatic carbocycles. The van der Waals surface area contributed by atoms with Gasteiger partial charge < -0.3 is 5.32 Å². The number of hydrogen-bond donors (Lipinski definition) is 1. The second-order valence-electron chi connectivity index (χ2n) is 6.47. The molecule has 1 saturated carbocycles. The summed E-state index contributed by atoms with van der Waals surface area (Å²) in [6.45, 7) is -0.104. The summed E-state index contributed by atoms with van der Waals surface area (Å²) in [7, 11) is 0. The Morgan fingerprint density at radius 2 is 1.37 bits per heavy atom. The van der Waals surface area contributed by atoms with E-state index in [1.54, 1.807) is 12.1 Å². The predicted molar refractivity (Wildman–Crippen MR) is 101 cm³/mol. The molecular formula is C17H12BrF9INO. The fourth-order valence-electron chi connectivity index (χ4n) is 2.68. The van der Waals surface area contributed by atoms with Gasteiger partial charge in [0.25, 0.3) is 11.6 Å². The average Bonchev–Trinajstić information content (AvgIpc) is 2.68. The molecule has 2 nitrogen and oxygen atoms in total. The fraction of sp³-hybridized carbons (Fsp3) is 0.471. The van der Waals surface area contributed by atoms with E-state index in [0.29, 0.717) is 0 Å². The first-order valence-corrected chi connectivity index (χ1v) is 10.0. The Morgan fingerprint density at radius 3 is 1.83 bits per heavy atom. The van der Waals surface area contributed by atoms with Crippen molar-refractivity contribution in [2.45, 2.75) is 42.2 Å². The van der Waals surface area contributed by atoms with Crippen molar-refractivity contribution in [2.75, 3.05) is 6.54 Å². The molecule has 1 aromatic rings. The van der Waals surface area contributed by atoms with Crippen molar-refractivity contribution in [2.24, 2.45) is 0 Å². The molecule has 0 bridgehead atoms. The minimum Gasteiger partial charge on any atom is -0.352 e. The number of amides is 1. The lowest BCUT2D eigenvalue weighted by molar-refractivity contribution is -0.303. The molecule has 2 rings (SSSR count). The van der Waals surface area contributed by atoms with E-state index < -0.39 is 51.3 Å². The molecule has 168 valence electrons. The summed E-state index contributed by atoms with van der Waals surface area (Å²) in [5.41, 5.74) is -5.31. The van der Waals surface area contributed by atoms with Gasteiger partial charge >= 0.3 is 23.7 Å². The zero-order chi connectivity index (χ0) is 23.2. The molecule has 1 aromatic carbocycles. The topological polar surface area (TPSA) is 29.1 Å². The van der Waals surface area contributed by atoms with Crippen LogP contribution in [-0.2, 0) is 0 Å². The Labute approximate surface area is 186 Å². The molecule has 0 atom stereocenters. The fourth-order valence-corrected chi connectivity index (χ4v) is 3.76. The molecule has 0 aromatic heterocycles. The van der Waals surface area contributed by atoms with Crippen LogP contribution in [0.5, 0.6) is 0 Å². The third-order valence-electron chi connectivity index (χ3n) is 4.44. The minimum atomic E-state index is -6.59. The molecule has 0 heterocycles. The van der Waals surface area contributed by atoms with E-state index >= 15 is 0 Å². The predicted octanol–water partition coefficient (Wildman–Crippen LogP) is 6.54. The maximum atomic E-state index is 14.4. The summed E-state index contributed by atoms with van der Waals surface area (Å²) < 4.78 is 122. The Bertz CT molecular complexity index is 816. The van der Waals surface area contributed by atoms with Gasteiger partial charge in [0.05, 0.1) is 0 Å². The number of halogens is 11. The van der Waals surface area contributed by atoms with Gasteiger partial charge in [-0.2, -0.15) is 35.1 Å². The number of alkyl halides is 9. The number of carbonyl (C=O) groups is 1. The van der Waals surface area contributed by atoms with Crippen LogP contribution in [0.25, 0.3) is 0 Å². The number of hydrogen-bond acceptors (Lipinski definition) is 1. The van der Waals surface area contributed by atoms with Crippen LogP contribution in [0.1, 0.15) is 23.2 Å². The highest BCUT2D eigenvalue weighted by molar-refractivity contribution is 14.1. The van der Waals surface area contributed by atoms with Crippen LogP contribution >= 0.6 is 38.5 Å². The van der Waals surface area contributed by atoms with E-state index in [4.69, 9.17) is 0 Å². The van der Waals surface area contributed by atoms with E-state index in [0.717, 1.165) is 27.1 Å². The van der Waals surface area contributed by atoms with Gasteiger partial charge in [-0.05, 0) is 69.4 Å². The van der Waals surface area contributed by atoms with Gasteiger partial charge in [-0.25, -0.2) is 4.39 Å². The molecule has 0 unspecified atom stereocenters. The average molecular weight is 624 g/mol. The maximum absolute atomic E-state index is 14.4. The first-order valence-electron chi connectivity index (χ1n) is 8.14. The van der Waals surface area contributed by atoms with E-state index in [-0.39, 0.29) is 18.5 Å². The lowest BCUT2D eigenvalue weighted by atomic mass is 9.96. The molecule has 1 fully saturated rings. The summed E-state index contributed by atoms with van der Waals surface area (Å²) in [4.78, 5) is 11.9. The zero-order valence-electron chi connectivity index (χ0n) is 14.6. The van der Waals surface area contributed by atoms with Crippen LogP contribution in [-0.4, -0.2) is 41.8 Å². The summed E-state index contributed by atoms with van der Waals surface area (Å²) in [6, 6.07) is 6.16. The number of benzene rings is 1. The van der Waals surface area contributed by atoms with Crippen LogP contribution in [0.15, 0.2) is 38.4 Å². The van der Waals surface area contributed by atoms with Gasteiger partial charge in [-0.1, -0.05) is 15.9 Å². The summed E-state index contributed by atoms with van der Waals surface area (Å²) in [5.74, 6) is -26.4. The highest BCUT2D eigenvalue weighted by atomic mass is 127. The van der Waals surface area contributed by atoms with Crippen molar-refractivity contribution in [3.63, 3.8) is 0 Å². The molecule has 1 amide bonds. The highest BCUT2D eigenvalue weighted by Gasteiger charge is 3.00. The molecular weight excluding hydrogens is 612 g/mol. The second kappa shape index (κ2) is 8.17. The molecule has 0 aliphatic heterocycles. The van der Waals surface area contributed by atoms with E-state index in [1.165, 1.54) is 12.1 Å². The number of rotatable bonds is 6. The quantitative estimate of drug-likeness (QED) is 0.218. The van der Waals surface area contributed by atoms with Gasteiger partial charge in [-0.15, -0.1) is 0 Å². The van der Waals surface area contributed by atoms with Gasteiger partial charge in [0.2, 0.25) is 0 Å². The van der Waals surface area contributed by atoms with Crippen LogP contribution in [0, 0.1) is 0 Å². The van der Waals surface area contributed by atoms with Crippen molar-refractivity contribution in [3.05, 3.63) is 44.0 Å². The molecule has 0 radical (unpaired) electrons. The molecule has 0 spiro atoms. The third kappa shape index (κ3) is 3.73. The molecule has 0 saturated heterocycles. The van der Waals surface area contributed by atoms with E-state index in [9.17, 15) is 44.3 Å². The van der Waals surface area contributed by atoms with Crippen LogP contribution in [0.3, 0.4) is 0 Å². The summed E-state index contributed by atoms with van der Waals surface area (Å²) in [5, 5.41) is 2.42.